The highest BCUT2D eigenvalue weighted by Gasteiger charge is 2.05. The van der Waals surface area contributed by atoms with Crippen LogP contribution in [0.3, 0.4) is 0 Å². The molecule has 106 valence electrons. The van der Waals surface area contributed by atoms with Gasteiger partial charge in [-0.15, -0.1) is 0 Å². The van der Waals surface area contributed by atoms with Crippen molar-refractivity contribution in [1.29, 1.82) is 0 Å². The van der Waals surface area contributed by atoms with Crippen molar-refractivity contribution < 1.29 is 17.9 Å². The summed E-state index contributed by atoms with van der Waals surface area (Å²) in [6.07, 6.45) is 0. The average molecular weight is 281 g/mol. The number of benzene rings is 2. The summed E-state index contributed by atoms with van der Waals surface area (Å²) in [6, 6.07) is 7.68. The summed E-state index contributed by atoms with van der Waals surface area (Å²) in [6.45, 7) is 2.35. The van der Waals surface area contributed by atoms with Crippen LogP contribution in [0.5, 0.6) is 5.75 Å². The standard InChI is InChI=1S/C15H14F3NO/c1-2-20-15-4-3-13(8-14(15)18)19-9-10-5-11(16)7-12(17)6-10/h3-8,19H,2,9H2,1H3. The molecule has 0 bridgehead atoms. The molecule has 0 amide bonds. The average Bonchev–Trinajstić information content (AvgIpc) is 2.38. The number of nitrogens with one attached hydrogen (secondary N) is 1. The quantitative estimate of drug-likeness (QED) is 0.890. The Hall–Kier alpha value is -2.17. The van der Waals surface area contributed by atoms with Crippen LogP contribution in [-0.4, -0.2) is 6.61 Å². The maximum Gasteiger partial charge on any atom is 0.167 e. The zero-order valence-electron chi connectivity index (χ0n) is 10.9. The Kier molecular flexibility index (Phi) is 4.50. The molecule has 0 saturated carbocycles. The molecule has 0 radical (unpaired) electrons. The summed E-state index contributed by atoms with van der Waals surface area (Å²) in [4.78, 5) is 0. The Morgan fingerprint density at radius 3 is 2.30 bits per heavy atom. The van der Waals surface area contributed by atoms with E-state index in [4.69, 9.17) is 4.74 Å². The number of hydrogen-bond donors (Lipinski definition) is 1. The molecule has 0 spiro atoms. The number of ether oxygens (including phenoxy) is 1. The Labute approximate surface area is 115 Å². The van der Waals surface area contributed by atoms with Crippen molar-refractivity contribution in [3.05, 3.63) is 59.4 Å². The van der Waals surface area contributed by atoms with Gasteiger partial charge in [-0.25, -0.2) is 13.2 Å². The summed E-state index contributed by atoms with van der Waals surface area (Å²) in [5.74, 6) is -1.59. The normalized spacial score (nSPS) is 10.4. The minimum atomic E-state index is -0.639. The molecule has 2 nitrogen and oxygen atoms in total. The molecule has 0 aromatic heterocycles. The second-order valence-electron chi connectivity index (χ2n) is 4.21. The van der Waals surface area contributed by atoms with Gasteiger partial charge in [-0.2, -0.15) is 0 Å². The molecular formula is C15H14F3NO. The fourth-order valence-electron chi connectivity index (χ4n) is 1.80. The van der Waals surface area contributed by atoms with E-state index in [0.29, 0.717) is 17.9 Å². The zero-order chi connectivity index (χ0) is 14.5. The Morgan fingerprint density at radius 1 is 1.00 bits per heavy atom. The van der Waals surface area contributed by atoms with Gasteiger partial charge in [0.05, 0.1) is 6.61 Å². The highest BCUT2D eigenvalue weighted by Crippen LogP contribution is 2.21. The third-order valence-electron chi connectivity index (χ3n) is 2.65. The second-order valence-corrected chi connectivity index (χ2v) is 4.21. The van der Waals surface area contributed by atoms with Crippen LogP contribution in [0.1, 0.15) is 12.5 Å². The highest BCUT2D eigenvalue weighted by atomic mass is 19.1. The first kappa shape index (κ1) is 14.2. The van der Waals surface area contributed by atoms with Crippen LogP contribution >= 0.6 is 0 Å². The molecule has 2 aromatic carbocycles. The molecule has 0 saturated heterocycles. The first-order valence-electron chi connectivity index (χ1n) is 6.19. The molecule has 0 atom stereocenters. The van der Waals surface area contributed by atoms with Crippen molar-refractivity contribution in [3.63, 3.8) is 0 Å². The second kappa shape index (κ2) is 6.32. The molecule has 2 rings (SSSR count). The molecule has 0 aliphatic rings. The van der Waals surface area contributed by atoms with Gasteiger partial charge in [0, 0.05) is 24.4 Å². The van der Waals surface area contributed by atoms with Gasteiger partial charge in [0.15, 0.2) is 11.6 Å². The number of anilines is 1. The predicted molar refractivity (Wildman–Crippen MR) is 71.3 cm³/mol. The lowest BCUT2D eigenvalue weighted by Gasteiger charge is -2.09. The minimum Gasteiger partial charge on any atom is -0.491 e. The van der Waals surface area contributed by atoms with Gasteiger partial charge in [-0.05, 0) is 36.8 Å². The minimum absolute atomic E-state index is 0.176. The molecule has 0 unspecified atom stereocenters. The van der Waals surface area contributed by atoms with Crippen molar-refractivity contribution in [2.75, 3.05) is 11.9 Å². The van der Waals surface area contributed by atoms with Crippen LogP contribution in [0.2, 0.25) is 0 Å². The van der Waals surface area contributed by atoms with E-state index < -0.39 is 17.5 Å². The molecule has 1 N–H and O–H groups in total. The fraction of sp³-hybridized carbons (Fsp3) is 0.200. The monoisotopic (exact) mass is 281 g/mol. The van der Waals surface area contributed by atoms with Gasteiger partial charge in [-0.3, -0.25) is 0 Å². The van der Waals surface area contributed by atoms with Crippen molar-refractivity contribution in [1.82, 2.24) is 0 Å². The maximum atomic E-state index is 13.6. The number of halogens is 3. The summed E-state index contributed by atoms with van der Waals surface area (Å²) >= 11 is 0. The SMILES string of the molecule is CCOc1ccc(NCc2cc(F)cc(F)c2)cc1F. The smallest absolute Gasteiger partial charge is 0.167 e. The summed E-state index contributed by atoms with van der Waals surface area (Å²) in [7, 11) is 0. The van der Waals surface area contributed by atoms with Gasteiger partial charge in [0.25, 0.3) is 0 Å². The highest BCUT2D eigenvalue weighted by molar-refractivity contribution is 5.47. The number of rotatable bonds is 5. The van der Waals surface area contributed by atoms with E-state index in [-0.39, 0.29) is 12.3 Å². The van der Waals surface area contributed by atoms with Crippen LogP contribution in [0.25, 0.3) is 0 Å². The maximum absolute atomic E-state index is 13.6. The van der Waals surface area contributed by atoms with Crippen molar-refractivity contribution in [2.24, 2.45) is 0 Å². The molecular weight excluding hydrogens is 267 g/mol. The molecule has 20 heavy (non-hydrogen) atoms. The van der Waals surface area contributed by atoms with Crippen LogP contribution in [0.15, 0.2) is 36.4 Å². The van der Waals surface area contributed by atoms with Gasteiger partial charge < -0.3 is 10.1 Å². The Bertz CT molecular complexity index is 581. The van der Waals surface area contributed by atoms with E-state index in [0.717, 1.165) is 6.07 Å². The largest absolute Gasteiger partial charge is 0.491 e. The zero-order valence-corrected chi connectivity index (χ0v) is 10.9. The summed E-state index contributed by atoms with van der Waals surface area (Å²) in [5, 5.41) is 2.90. The molecule has 2 aromatic rings. The van der Waals surface area contributed by atoms with Gasteiger partial charge >= 0.3 is 0 Å². The molecule has 0 heterocycles. The summed E-state index contributed by atoms with van der Waals surface area (Å²) in [5.41, 5.74) is 0.951. The van der Waals surface area contributed by atoms with Crippen molar-refractivity contribution in [3.8, 4) is 5.75 Å². The van der Waals surface area contributed by atoms with Crippen molar-refractivity contribution in [2.45, 2.75) is 13.5 Å². The lowest BCUT2D eigenvalue weighted by Crippen LogP contribution is -2.02. The predicted octanol–water partition coefficient (Wildman–Crippen LogP) is 4.11. The first-order valence-corrected chi connectivity index (χ1v) is 6.19. The Morgan fingerprint density at radius 2 is 1.70 bits per heavy atom. The van der Waals surface area contributed by atoms with Crippen molar-refractivity contribution >= 4 is 5.69 Å². The van der Waals surface area contributed by atoms with Crippen LogP contribution in [0.4, 0.5) is 18.9 Å². The van der Waals surface area contributed by atoms with E-state index in [2.05, 4.69) is 5.32 Å². The first-order chi connectivity index (χ1) is 9.58. The topological polar surface area (TPSA) is 21.3 Å². The third kappa shape index (κ3) is 3.66. The summed E-state index contributed by atoms with van der Waals surface area (Å²) < 4.78 is 44.7. The van der Waals surface area contributed by atoms with E-state index in [1.165, 1.54) is 24.3 Å². The van der Waals surface area contributed by atoms with Gasteiger partial charge in [0.2, 0.25) is 0 Å². The van der Waals surface area contributed by atoms with E-state index in [1.54, 1.807) is 13.0 Å². The van der Waals surface area contributed by atoms with Gasteiger partial charge in [-0.1, -0.05) is 0 Å². The lowest BCUT2D eigenvalue weighted by molar-refractivity contribution is 0.321. The molecule has 0 aliphatic carbocycles. The fourth-order valence-corrected chi connectivity index (χ4v) is 1.80. The van der Waals surface area contributed by atoms with Gasteiger partial charge in [0.1, 0.15) is 11.6 Å². The van der Waals surface area contributed by atoms with E-state index in [9.17, 15) is 13.2 Å². The lowest BCUT2D eigenvalue weighted by atomic mass is 10.2. The molecule has 5 heteroatoms. The van der Waals surface area contributed by atoms with E-state index in [1.807, 2.05) is 0 Å². The molecule has 0 aliphatic heterocycles. The van der Waals surface area contributed by atoms with Crippen LogP contribution in [-0.2, 0) is 6.54 Å². The van der Waals surface area contributed by atoms with E-state index >= 15 is 0 Å². The van der Waals surface area contributed by atoms with Crippen LogP contribution in [0, 0.1) is 17.5 Å². The Balaban J connectivity index is 2.05. The number of hydrogen-bond acceptors (Lipinski definition) is 2. The third-order valence-corrected chi connectivity index (χ3v) is 2.65. The van der Waals surface area contributed by atoms with Crippen LogP contribution < -0.4 is 10.1 Å². The molecule has 0 fully saturated rings.